The highest BCUT2D eigenvalue weighted by Crippen LogP contribution is 2.34. The molecule has 1 saturated heterocycles. The summed E-state index contributed by atoms with van der Waals surface area (Å²) in [6.45, 7) is 5.91. The number of carbonyl (C=O) groups is 1. The fraction of sp³-hybridized carbons (Fsp3) is 0.562. The van der Waals surface area contributed by atoms with Crippen molar-refractivity contribution < 1.29 is 18.0 Å². The third-order valence-electron chi connectivity index (χ3n) is 4.17. The Kier molecular flexibility index (Phi) is 5.31. The first-order chi connectivity index (χ1) is 10.7. The standard InChI is InChI=1S/C16H22F3N3O/c1-11-9-22(7-6-21(11)3)10-13-4-5-14(20-12(2)23)8-15(13)16(17,18)19/h4-5,8,11H,6-7,9-10H2,1-3H3,(H,20,23)/t11-/m1/s1. The summed E-state index contributed by atoms with van der Waals surface area (Å²) in [6, 6.07) is 4.30. The van der Waals surface area contributed by atoms with Gasteiger partial charge < -0.3 is 10.2 Å². The Morgan fingerprint density at radius 3 is 2.61 bits per heavy atom. The van der Waals surface area contributed by atoms with Crippen LogP contribution in [0.25, 0.3) is 0 Å². The smallest absolute Gasteiger partial charge is 0.326 e. The maximum atomic E-state index is 13.3. The van der Waals surface area contributed by atoms with E-state index in [1.807, 2.05) is 11.9 Å². The van der Waals surface area contributed by atoms with Crippen LogP contribution in [0.5, 0.6) is 0 Å². The number of benzene rings is 1. The molecule has 7 heteroatoms. The SMILES string of the molecule is CC(=O)Nc1ccc(CN2CCN(C)[C@H](C)C2)c(C(F)(F)F)c1. The summed E-state index contributed by atoms with van der Waals surface area (Å²) >= 11 is 0. The molecule has 0 radical (unpaired) electrons. The number of nitrogens with zero attached hydrogens (tertiary/aromatic N) is 2. The number of amides is 1. The van der Waals surface area contributed by atoms with E-state index in [4.69, 9.17) is 0 Å². The molecule has 1 atom stereocenters. The number of alkyl halides is 3. The van der Waals surface area contributed by atoms with Crippen molar-refractivity contribution in [1.29, 1.82) is 0 Å². The number of nitrogens with one attached hydrogen (secondary N) is 1. The highest BCUT2D eigenvalue weighted by atomic mass is 19.4. The zero-order chi connectivity index (χ0) is 17.2. The van der Waals surface area contributed by atoms with Gasteiger partial charge in [0.1, 0.15) is 0 Å². The fourth-order valence-electron chi connectivity index (χ4n) is 2.77. The Morgan fingerprint density at radius 1 is 1.35 bits per heavy atom. The summed E-state index contributed by atoms with van der Waals surface area (Å²) in [7, 11) is 2.02. The molecule has 1 heterocycles. The number of halogens is 3. The van der Waals surface area contributed by atoms with Gasteiger partial charge in [0.25, 0.3) is 0 Å². The summed E-state index contributed by atoms with van der Waals surface area (Å²) < 4.78 is 40.0. The maximum absolute atomic E-state index is 13.3. The van der Waals surface area contributed by atoms with Crippen LogP contribution in [0.15, 0.2) is 18.2 Å². The molecule has 1 aliphatic rings. The van der Waals surface area contributed by atoms with E-state index in [2.05, 4.69) is 17.1 Å². The molecular formula is C16H22F3N3O. The van der Waals surface area contributed by atoms with Crippen LogP contribution >= 0.6 is 0 Å². The molecule has 0 saturated carbocycles. The lowest BCUT2D eigenvalue weighted by molar-refractivity contribution is -0.138. The lowest BCUT2D eigenvalue weighted by Crippen LogP contribution is -2.49. The van der Waals surface area contributed by atoms with E-state index in [0.717, 1.165) is 25.7 Å². The minimum absolute atomic E-state index is 0.167. The molecule has 0 bridgehead atoms. The molecule has 23 heavy (non-hydrogen) atoms. The van der Waals surface area contributed by atoms with Crippen molar-refractivity contribution in [3.8, 4) is 0 Å². The van der Waals surface area contributed by atoms with Crippen molar-refractivity contribution in [3.05, 3.63) is 29.3 Å². The number of hydrogen-bond acceptors (Lipinski definition) is 3. The van der Waals surface area contributed by atoms with Crippen LogP contribution < -0.4 is 5.32 Å². The third kappa shape index (κ3) is 4.68. The molecule has 2 rings (SSSR count). The Morgan fingerprint density at radius 2 is 2.04 bits per heavy atom. The molecule has 0 unspecified atom stereocenters. The highest BCUT2D eigenvalue weighted by molar-refractivity contribution is 5.88. The van der Waals surface area contributed by atoms with Gasteiger partial charge in [0.05, 0.1) is 5.56 Å². The molecule has 0 aliphatic carbocycles. The van der Waals surface area contributed by atoms with Gasteiger partial charge in [-0.25, -0.2) is 0 Å². The molecule has 1 fully saturated rings. The molecule has 1 N–H and O–H groups in total. The lowest BCUT2D eigenvalue weighted by atomic mass is 10.0. The van der Waals surface area contributed by atoms with Crippen LogP contribution in [-0.2, 0) is 17.5 Å². The maximum Gasteiger partial charge on any atom is 0.416 e. The van der Waals surface area contributed by atoms with Gasteiger partial charge in [-0.2, -0.15) is 13.2 Å². The average molecular weight is 329 g/mol. The van der Waals surface area contributed by atoms with Gasteiger partial charge in [-0.1, -0.05) is 6.07 Å². The highest BCUT2D eigenvalue weighted by Gasteiger charge is 2.34. The van der Waals surface area contributed by atoms with Crippen LogP contribution in [0, 0.1) is 0 Å². The number of rotatable bonds is 3. The molecule has 1 aliphatic heterocycles. The second kappa shape index (κ2) is 6.88. The molecule has 0 spiro atoms. The van der Waals surface area contributed by atoms with E-state index in [1.165, 1.54) is 19.1 Å². The predicted octanol–water partition coefficient (Wildman–Crippen LogP) is 2.80. The topological polar surface area (TPSA) is 35.6 Å². The minimum Gasteiger partial charge on any atom is -0.326 e. The normalized spacial score (nSPS) is 20.5. The number of likely N-dealkylation sites (N-methyl/N-ethyl adjacent to an activating group) is 1. The Hall–Kier alpha value is -1.60. The van der Waals surface area contributed by atoms with Gasteiger partial charge in [-0.05, 0) is 31.7 Å². The number of anilines is 1. The Labute approximate surface area is 134 Å². The van der Waals surface area contributed by atoms with Crippen molar-refractivity contribution >= 4 is 11.6 Å². The first-order valence-corrected chi connectivity index (χ1v) is 7.57. The quantitative estimate of drug-likeness (QED) is 0.926. The zero-order valence-corrected chi connectivity index (χ0v) is 13.6. The number of hydrogen-bond donors (Lipinski definition) is 1. The summed E-state index contributed by atoms with van der Waals surface area (Å²) in [5.74, 6) is -0.390. The summed E-state index contributed by atoms with van der Waals surface area (Å²) in [5.41, 5.74) is -0.279. The molecule has 128 valence electrons. The van der Waals surface area contributed by atoms with Crippen molar-refractivity contribution in [2.75, 3.05) is 32.0 Å². The summed E-state index contributed by atoms with van der Waals surface area (Å²) in [5, 5.41) is 2.40. The van der Waals surface area contributed by atoms with Crippen LogP contribution in [0.4, 0.5) is 18.9 Å². The summed E-state index contributed by atoms with van der Waals surface area (Å²) in [6.07, 6.45) is -4.44. The average Bonchev–Trinajstić information content (AvgIpc) is 2.43. The van der Waals surface area contributed by atoms with E-state index < -0.39 is 17.6 Å². The van der Waals surface area contributed by atoms with Crippen molar-refractivity contribution in [3.63, 3.8) is 0 Å². The van der Waals surface area contributed by atoms with Crippen LogP contribution in [-0.4, -0.2) is 48.4 Å². The molecule has 1 aromatic carbocycles. The van der Waals surface area contributed by atoms with E-state index in [9.17, 15) is 18.0 Å². The molecule has 1 aromatic rings. The largest absolute Gasteiger partial charge is 0.416 e. The Balaban J connectivity index is 2.22. The van der Waals surface area contributed by atoms with Gasteiger partial charge in [-0.3, -0.25) is 9.69 Å². The molecule has 4 nitrogen and oxygen atoms in total. The number of piperazine rings is 1. The number of carbonyl (C=O) groups excluding carboxylic acids is 1. The van der Waals surface area contributed by atoms with Gasteiger partial charge in [-0.15, -0.1) is 0 Å². The lowest BCUT2D eigenvalue weighted by Gasteiger charge is -2.38. The Bertz CT molecular complexity index is 574. The second-order valence-corrected chi connectivity index (χ2v) is 6.12. The van der Waals surface area contributed by atoms with E-state index in [0.29, 0.717) is 6.04 Å². The van der Waals surface area contributed by atoms with Gasteiger partial charge in [0, 0.05) is 44.8 Å². The molecule has 0 aromatic heterocycles. The van der Waals surface area contributed by atoms with E-state index >= 15 is 0 Å². The monoisotopic (exact) mass is 329 g/mol. The van der Waals surface area contributed by atoms with Crippen LogP contribution in [0.2, 0.25) is 0 Å². The predicted molar refractivity (Wildman–Crippen MR) is 83.1 cm³/mol. The molecule has 1 amide bonds. The first-order valence-electron chi connectivity index (χ1n) is 7.57. The van der Waals surface area contributed by atoms with Crippen molar-refractivity contribution in [2.45, 2.75) is 32.6 Å². The molecular weight excluding hydrogens is 307 g/mol. The first kappa shape index (κ1) is 17.7. The zero-order valence-electron chi connectivity index (χ0n) is 13.6. The van der Waals surface area contributed by atoms with Crippen molar-refractivity contribution in [1.82, 2.24) is 9.80 Å². The van der Waals surface area contributed by atoms with E-state index in [-0.39, 0.29) is 17.8 Å². The van der Waals surface area contributed by atoms with Gasteiger partial charge >= 0.3 is 6.18 Å². The summed E-state index contributed by atoms with van der Waals surface area (Å²) in [4.78, 5) is 15.3. The second-order valence-electron chi connectivity index (χ2n) is 6.12. The van der Waals surface area contributed by atoms with E-state index in [1.54, 1.807) is 0 Å². The third-order valence-corrected chi connectivity index (χ3v) is 4.17. The van der Waals surface area contributed by atoms with Crippen molar-refractivity contribution in [2.24, 2.45) is 0 Å². The van der Waals surface area contributed by atoms with Gasteiger partial charge in [0.2, 0.25) is 5.91 Å². The van der Waals surface area contributed by atoms with Gasteiger partial charge in [0.15, 0.2) is 0 Å². The van der Waals surface area contributed by atoms with Crippen LogP contribution in [0.1, 0.15) is 25.0 Å². The fourth-order valence-corrected chi connectivity index (χ4v) is 2.77. The van der Waals surface area contributed by atoms with Crippen LogP contribution in [0.3, 0.4) is 0 Å². The minimum atomic E-state index is -4.44.